The van der Waals surface area contributed by atoms with Gasteiger partial charge in [-0.25, -0.2) is 8.42 Å². The Bertz CT molecular complexity index is 1270. The molecule has 0 aliphatic carbocycles. The minimum absolute atomic E-state index is 0.0549. The molecule has 0 spiro atoms. The van der Waals surface area contributed by atoms with E-state index in [2.05, 4.69) is 21.2 Å². The van der Waals surface area contributed by atoms with E-state index in [9.17, 15) is 18.0 Å². The summed E-state index contributed by atoms with van der Waals surface area (Å²) >= 11 is 9.33. The van der Waals surface area contributed by atoms with Crippen molar-refractivity contribution in [3.63, 3.8) is 0 Å². The maximum absolute atomic E-state index is 13.6. The smallest absolute Gasteiger partial charge is 0.264 e. The van der Waals surface area contributed by atoms with Gasteiger partial charge in [0.25, 0.3) is 10.0 Å². The Hall–Kier alpha value is -2.88. The third-order valence-electron chi connectivity index (χ3n) is 5.40. The number of likely N-dealkylation sites (N-methyl/N-ethyl adjacent to an activating group) is 1. The van der Waals surface area contributed by atoms with Crippen molar-refractivity contribution in [2.45, 2.75) is 24.4 Å². The Morgan fingerprint density at radius 2 is 1.57 bits per heavy atom. The zero-order valence-corrected chi connectivity index (χ0v) is 22.3. The van der Waals surface area contributed by atoms with Crippen LogP contribution < -0.4 is 9.62 Å². The van der Waals surface area contributed by atoms with Crippen molar-refractivity contribution in [2.24, 2.45) is 0 Å². The molecule has 3 aromatic carbocycles. The molecule has 3 rings (SSSR count). The lowest BCUT2D eigenvalue weighted by molar-refractivity contribution is -0.139. The number of hydrogen-bond donors (Lipinski definition) is 1. The minimum Gasteiger partial charge on any atom is -0.357 e. The third kappa shape index (κ3) is 6.62. The van der Waals surface area contributed by atoms with Gasteiger partial charge in [0.05, 0.1) is 10.6 Å². The number of nitrogens with one attached hydrogen (secondary N) is 1. The van der Waals surface area contributed by atoms with Crippen LogP contribution in [0.15, 0.2) is 88.2 Å². The van der Waals surface area contributed by atoms with Crippen LogP contribution in [0.25, 0.3) is 0 Å². The normalized spacial score (nSPS) is 12.0. The highest BCUT2D eigenvalue weighted by Gasteiger charge is 2.32. The van der Waals surface area contributed by atoms with Gasteiger partial charge in [0.1, 0.15) is 12.6 Å². The molecule has 184 valence electrons. The zero-order valence-electron chi connectivity index (χ0n) is 19.2. The second-order valence-corrected chi connectivity index (χ2v) is 11.0. The van der Waals surface area contributed by atoms with Gasteiger partial charge in [-0.3, -0.25) is 13.9 Å². The van der Waals surface area contributed by atoms with Gasteiger partial charge in [-0.05, 0) is 61.0 Å². The molecule has 0 saturated carbocycles. The highest BCUT2D eigenvalue weighted by atomic mass is 79.9. The summed E-state index contributed by atoms with van der Waals surface area (Å²) in [6.07, 6.45) is 0. The van der Waals surface area contributed by atoms with Crippen molar-refractivity contribution in [3.05, 3.63) is 93.9 Å². The number of carbonyl (C=O) groups is 2. The lowest BCUT2D eigenvalue weighted by Gasteiger charge is -2.31. The largest absolute Gasteiger partial charge is 0.357 e. The fourth-order valence-electron chi connectivity index (χ4n) is 3.43. The highest BCUT2D eigenvalue weighted by Crippen LogP contribution is 2.26. The van der Waals surface area contributed by atoms with Crippen LogP contribution in [0.4, 0.5) is 5.69 Å². The average molecular weight is 579 g/mol. The van der Waals surface area contributed by atoms with Gasteiger partial charge in [0.2, 0.25) is 11.8 Å². The number of sulfonamides is 1. The van der Waals surface area contributed by atoms with E-state index in [4.69, 9.17) is 11.6 Å². The molecule has 0 radical (unpaired) electrons. The molecule has 0 heterocycles. The summed E-state index contributed by atoms with van der Waals surface area (Å²) in [6, 6.07) is 20.6. The van der Waals surface area contributed by atoms with Crippen molar-refractivity contribution in [1.29, 1.82) is 0 Å². The summed E-state index contributed by atoms with van der Waals surface area (Å²) in [7, 11) is -2.59. The Kier molecular flexibility index (Phi) is 8.93. The molecule has 35 heavy (non-hydrogen) atoms. The molecule has 0 aliphatic rings. The van der Waals surface area contributed by atoms with Crippen LogP contribution in [-0.4, -0.2) is 44.8 Å². The van der Waals surface area contributed by atoms with Crippen LogP contribution in [0.3, 0.4) is 0 Å². The molecule has 0 bridgehead atoms. The monoisotopic (exact) mass is 577 g/mol. The molecule has 2 amide bonds. The van der Waals surface area contributed by atoms with Crippen LogP contribution >= 0.6 is 27.5 Å². The fourth-order valence-corrected chi connectivity index (χ4v) is 5.26. The SMILES string of the molecule is CNC(=O)[C@@H](C)N(Cc1ccc(Cl)cc1)C(=O)CN(c1ccc(Br)cc1)S(=O)(=O)c1ccccc1. The summed E-state index contributed by atoms with van der Waals surface area (Å²) in [4.78, 5) is 27.5. The van der Waals surface area contributed by atoms with Crippen molar-refractivity contribution in [3.8, 4) is 0 Å². The predicted molar refractivity (Wildman–Crippen MR) is 141 cm³/mol. The van der Waals surface area contributed by atoms with E-state index < -0.39 is 28.5 Å². The van der Waals surface area contributed by atoms with Crippen LogP contribution in [0.2, 0.25) is 5.02 Å². The standard InChI is InChI=1S/C25H25BrClN3O4S/c1-18(25(32)28-2)29(16-19-8-12-21(27)13-9-19)24(31)17-30(22-14-10-20(26)11-15-22)35(33,34)23-6-4-3-5-7-23/h3-15,18H,16-17H2,1-2H3,(H,28,32)/t18-/m1/s1. The Labute approximate surface area is 218 Å². The topological polar surface area (TPSA) is 86.8 Å². The molecule has 0 unspecified atom stereocenters. The summed E-state index contributed by atoms with van der Waals surface area (Å²) in [5.74, 6) is -0.896. The Morgan fingerprint density at radius 1 is 0.971 bits per heavy atom. The quantitative estimate of drug-likeness (QED) is 0.406. The average Bonchev–Trinajstić information content (AvgIpc) is 2.87. The van der Waals surface area contributed by atoms with E-state index in [0.29, 0.717) is 10.7 Å². The van der Waals surface area contributed by atoms with Gasteiger partial charge in [-0.1, -0.05) is 57.9 Å². The van der Waals surface area contributed by atoms with Gasteiger partial charge < -0.3 is 10.2 Å². The van der Waals surface area contributed by atoms with Gasteiger partial charge >= 0.3 is 0 Å². The van der Waals surface area contributed by atoms with E-state index in [-0.39, 0.29) is 17.3 Å². The maximum Gasteiger partial charge on any atom is 0.264 e. The first-order valence-corrected chi connectivity index (χ1v) is 13.3. The molecule has 0 fully saturated rings. The van der Waals surface area contributed by atoms with E-state index in [1.54, 1.807) is 73.7 Å². The van der Waals surface area contributed by atoms with E-state index in [1.807, 2.05) is 0 Å². The molecule has 0 aromatic heterocycles. The Morgan fingerprint density at radius 3 is 2.14 bits per heavy atom. The zero-order chi connectivity index (χ0) is 25.6. The predicted octanol–water partition coefficient (Wildman–Crippen LogP) is 4.46. The summed E-state index contributed by atoms with van der Waals surface area (Å²) in [6.45, 7) is 1.21. The number of amides is 2. The van der Waals surface area contributed by atoms with Crippen LogP contribution in [0.1, 0.15) is 12.5 Å². The number of rotatable bonds is 9. The van der Waals surface area contributed by atoms with E-state index >= 15 is 0 Å². The number of hydrogen-bond acceptors (Lipinski definition) is 4. The van der Waals surface area contributed by atoms with E-state index in [0.717, 1.165) is 14.3 Å². The number of benzene rings is 3. The molecule has 7 nitrogen and oxygen atoms in total. The maximum atomic E-state index is 13.6. The first kappa shape index (κ1) is 26.7. The number of anilines is 1. The number of halogens is 2. The van der Waals surface area contributed by atoms with Crippen molar-refractivity contribution < 1.29 is 18.0 Å². The molecule has 10 heteroatoms. The van der Waals surface area contributed by atoms with Crippen LogP contribution in [-0.2, 0) is 26.2 Å². The molecule has 1 atom stereocenters. The molecular formula is C25H25BrClN3O4S. The second-order valence-electron chi connectivity index (χ2n) is 7.74. The van der Waals surface area contributed by atoms with Gasteiger partial charge in [0, 0.05) is 23.1 Å². The van der Waals surface area contributed by atoms with Gasteiger partial charge in [-0.15, -0.1) is 0 Å². The molecule has 3 aromatic rings. The number of nitrogens with zero attached hydrogens (tertiary/aromatic N) is 2. The first-order valence-electron chi connectivity index (χ1n) is 10.7. The van der Waals surface area contributed by atoms with Gasteiger partial charge in [-0.2, -0.15) is 0 Å². The molecule has 1 N–H and O–H groups in total. The van der Waals surface area contributed by atoms with Crippen molar-refractivity contribution >= 4 is 55.1 Å². The summed E-state index contributed by atoms with van der Waals surface area (Å²) in [5.41, 5.74) is 1.07. The van der Waals surface area contributed by atoms with Crippen LogP contribution in [0, 0.1) is 0 Å². The minimum atomic E-state index is -4.07. The summed E-state index contributed by atoms with van der Waals surface area (Å²) in [5, 5.41) is 3.09. The highest BCUT2D eigenvalue weighted by molar-refractivity contribution is 9.10. The lowest BCUT2D eigenvalue weighted by atomic mass is 10.1. The van der Waals surface area contributed by atoms with Crippen molar-refractivity contribution in [2.75, 3.05) is 17.9 Å². The molecular weight excluding hydrogens is 554 g/mol. The van der Waals surface area contributed by atoms with E-state index in [1.165, 1.54) is 24.1 Å². The van der Waals surface area contributed by atoms with Crippen molar-refractivity contribution in [1.82, 2.24) is 10.2 Å². The Balaban J connectivity index is 2.00. The summed E-state index contributed by atoms with van der Waals surface area (Å²) < 4.78 is 29.0. The molecule has 0 saturated heterocycles. The van der Waals surface area contributed by atoms with Crippen LogP contribution in [0.5, 0.6) is 0 Å². The third-order valence-corrected chi connectivity index (χ3v) is 7.97. The number of carbonyl (C=O) groups excluding carboxylic acids is 2. The first-order chi connectivity index (χ1) is 16.6. The second kappa shape index (κ2) is 11.7. The lowest BCUT2D eigenvalue weighted by Crippen LogP contribution is -2.50. The fraction of sp³-hybridized carbons (Fsp3) is 0.200. The molecule has 0 aliphatic heterocycles. The van der Waals surface area contributed by atoms with Gasteiger partial charge in [0.15, 0.2) is 0 Å².